The molecular weight excluding hydrogens is 429 g/mol. The summed E-state index contributed by atoms with van der Waals surface area (Å²) in [4.78, 5) is 3.78. The molecule has 0 amide bonds. The smallest absolute Gasteiger partial charge is 0.406 e. The van der Waals surface area contributed by atoms with Crippen molar-refractivity contribution >= 4 is 5.65 Å². The van der Waals surface area contributed by atoms with Gasteiger partial charge in [-0.3, -0.25) is 4.40 Å². The third-order valence-electron chi connectivity index (χ3n) is 4.04. The number of fused-ring (bicyclic) bond motifs is 1. The zero-order valence-electron chi connectivity index (χ0n) is 15.6. The van der Waals surface area contributed by atoms with E-state index in [1.165, 1.54) is 31.3 Å². The Hall–Kier alpha value is -3.61. The first kappa shape index (κ1) is 20.7. The minimum absolute atomic E-state index is 0.0622. The molecule has 0 aliphatic carbocycles. The summed E-state index contributed by atoms with van der Waals surface area (Å²) in [6.07, 6.45) is -7.33. The normalized spacial score (nSPS) is 12.5. The Morgan fingerprint density at radius 3 is 2.32 bits per heavy atom. The number of nitrogens with zero attached hydrogens (tertiary/aromatic N) is 5. The van der Waals surface area contributed by atoms with Gasteiger partial charge >= 0.3 is 12.5 Å². The largest absolute Gasteiger partial charge is 0.573 e. The molecule has 0 N–H and O–H groups in total. The number of aryl methyl sites for hydroxylation is 1. The van der Waals surface area contributed by atoms with Gasteiger partial charge in [0.15, 0.2) is 11.5 Å². The van der Waals surface area contributed by atoms with Gasteiger partial charge in [0.05, 0.1) is 0 Å². The predicted molar refractivity (Wildman–Crippen MR) is 92.8 cm³/mol. The Morgan fingerprint density at radius 2 is 1.68 bits per heavy atom. The maximum absolute atomic E-state index is 14.6. The second-order valence-electron chi connectivity index (χ2n) is 6.28. The highest BCUT2D eigenvalue weighted by molar-refractivity contribution is 5.65. The highest BCUT2D eigenvalue weighted by atomic mass is 19.4. The maximum Gasteiger partial charge on any atom is 0.573 e. The first-order chi connectivity index (χ1) is 14.6. The van der Waals surface area contributed by atoms with Crippen LogP contribution in [0.2, 0.25) is 0 Å². The molecule has 1 aromatic carbocycles. The van der Waals surface area contributed by atoms with Gasteiger partial charge in [-0.05, 0) is 35.4 Å². The summed E-state index contributed by atoms with van der Waals surface area (Å²) in [5, 5.41) is 10.7. The molecule has 0 fully saturated rings. The molecule has 3 aromatic heterocycles. The fourth-order valence-corrected chi connectivity index (χ4v) is 2.73. The van der Waals surface area contributed by atoms with Crippen LogP contribution in [0, 0.1) is 6.92 Å². The van der Waals surface area contributed by atoms with Gasteiger partial charge in [0.25, 0.3) is 0 Å². The number of halogens is 5. The molecule has 0 bridgehead atoms. The molecule has 0 aliphatic heterocycles. The van der Waals surface area contributed by atoms with Crippen molar-refractivity contribution in [3.05, 3.63) is 60.1 Å². The minimum atomic E-state index is -4.82. The van der Waals surface area contributed by atoms with Gasteiger partial charge in [0, 0.05) is 13.1 Å². The van der Waals surface area contributed by atoms with Crippen LogP contribution in [0.4, 0.5) is 22.0 Å². The molecule has 0 radical (unpaired) electrons. The number of hydrogen-bond acceptors (Lipinski definition) is 7. The molecule has 4 aromatic rings. The fraction of sp³-hybridized carbons (Fsp3) is 0.222. The van der Waals surface area contributed by atoms with E-state index in [0.29, 0.717) is 11.1 Å². The zero-order chi connectivity index (χ0) is 22.2. The number of hydrogen-bond donors (Lipinski definition) is 0. The van der Waals surface area contributed by atoms with Crippen molar-refractivity contribution in [2.45, 2.75) is 26.0 Å². The second-order valence-corrected chi connectivity index (χ2v) is 6.28. The number of aromatic nitrogens is 5. The van der Waals surface area contributed by atoms with Gasteiger partial charge in [-0.15, -0.1) is 23.4 Å². The van der Waals surface area contributed by atoms with E-state index >= 15 is 0 Å². The van der Waals surface area contributed by atoms with Crippen LogP contribution in [0.1, 0.15) is 17.5 Å². The lowest BCUT2D eigenvalue weighted by Gasteiger charge is -2.14. The van der Waals surface area contributed by atoms with Gasteiger partial charge in [-0.25, -0.2) is 0 Å². The Bertz CT molecular complexity index is 1200. The lowest BCUT2D eigenvalue weighted by atomic mass is 10.1. The van der Waals surface area contributed by atoms with Crippen LogP contribution in [0.25, 0.3) is 16.8 Å². The summed E-state index contributed by atoms with van der Waals surface area (Å²) >= 11 is 0. The van der Waals surface area contributed by atoms with Gasteiger partial charge < -0.3 is 14.0 Å². The van der Waals surface area contributed by atoms with E-state index < -0.39 is 30.7 Å². The van der Waals surface area contributed by atoms with Crippen LogP contribution in [-0.2, 0) is 17.5 Å². The Morgan fingerprint density at radius 1 is 0.968 bits per heavy atom. The molecule has 0 unspecified atom stereocenters. The highest BCUT2D eigenvalue weighted by Gasteiger charge is 2.39. The van der Waals surface area contributed by atoms with Gasteiger partial charge in [0.2, 0.25) is 11.7 Å². The topological polar surface area (TPSA) is 87.6 Å². The average Bonchev–Trinajstić information content (AvgIpc) is 3.31. The van der Waals surface area contributed by atoms with Crippen LogP contribution in [0.3, 0.4) is 0 Å². The summed E-state index contributed by atoms with van der Waals surface area (Å²) in [5.74, 6) is -1.06. The molecule has 0 saturated heterocycles. The molecule has 0 saturated carbocycles. The van der Waals surface area contributed by atoms with Crippen LogP contribution in [0.15, 0.2) is 47.1 Å². The first-order valence-electron chi connectivity index (χ1n) is 8.63. The van der Waals surface area contributed by atoms with Crippen molar-refractivity contribution in [1.82, 2.24) is 24.7 Å². The minimum Gasteiger partial charge on any atom is -0.406 e. The van der Waals surface area contributed by atoms with Crippen molar-refractivity contribution in [2.24, 2.45) is 0 Å². The number of benzene rings is 1. The van der Waals surface area contributed by atoms with E-state index in [2.05, 4.69) is 29.8 Å². The van der Waals surface area contributed by atoms with Crippen molar-refractivity contribution in [3.8, 4) is 16.9 Å². The maximum atomic E-state index is 14.6. The number of alkyl halides is 5. The Kier molecular flexibility index (Phi) is 5.05. The van der Waals surface area contributed by atoms with Crippen LogP contribution in [-0.4, -0.2) is 31.1 Å². The standard InChI is InChI=1S/C18H12F5N5O3/c1-10-24-14(27-31-10)9-29-17(19,20)16-26-25-15-7-4-12(8-28(15)16)11-2-5-13(6-3-11)30-18(21,22)23/h2-8H,9H2,1H3. The molecule has 0 spiro atoms. The molecule has 8 nitrogen and oxygen atoms in total. The average molecular weight is 441 g/mol. The fourth-order valence-electron chi connectivity index (χ4n) is 2.73. The van der Waals surface area contributed by atoms with Crippen molar-refractivity contribution in [1.29, 1.82) is 0 Å². The quantitative estimate of drug-likeness (QED) is 0.414. The summed E-state index contributed by atoms with van der Waals surface area (Å²) in [6, 6.07) is 7.95. The van der Waals surface area contributed by atoms with Crippen LogP contribution < -0.4 is 4.74 Å². The van der Waals surface area contributed by atoms with Gasteiger partial charge in [0.1, 0.15) is 12.4 Å². The number of ether oxygens (including phenoxy) is 2. The lowest BCUT2D eigenvalue weighted by Crippen LogP contribution is -2.22. The molecule has 3 heterocycles. The van der Waals surface area contributed by atoms with Crippen LogP contribution in [0.5, 0.6) is 5.75 Å². The SMILES string of the molecule is Cc1nc(COC(F)(F)c2nnc3ccc(-c4ccc(OC(F)(F)F)cc4)cn23)no1. The summed E-state index contributed by atoms with van der Waals surface area (Å²) in [6.45, 7) is 0.879. The molecular formula is C18H12F5N5O3. The molecule has 0 aliphatic rings. The zero-order valence-corrected chi connectivity index (χ0v) is 15.6. The highest BCUT2D eigenvalue weighted by Crippen LogP contribution is 2.31. The van der Waals surface area contributed by atoms with Crippen LogP contribution >= 0.6 is 0 Å². The lowest BCUT2D eigenvalue weighted by molar-refractivity contribution is -0.274. The molecule has 4 rings (SSSR count). The van der Waals surface area contributed by atoms with Crippen molar-refractivity contribution in [2.75, 3.05) is 0 Å². The molecule has 162 valence electrons. The van der Waals surface area contributed by atoms with Gasteiger partial charge in [-0.2, -0.15) is 13.8 Å². The molecule has 31 heavy (non-hydrogen) atoms. The Labute approximate surface area is 170 Å². The van der Waals surface area contributed by atoms with E-state index in [1.807, 2.05) is 0 Å². The summed E-state index contributed by atoms with van der Waals surface area (Å²) in [5.41, 5.74) is 1.01. The van der Waals surface area contributed by atoms with E-state index in [-0.39, 0.29) is 17.4 Å². The first-order valence-corrected chi connectivity index (χ1v) is 8.63. The number of pyridine rings is 1. The Balaban J connectivity index is 1.60. The third kappa shape index (κ3) is 4.60. The van der Waals surface area contributed by atoms with Gasteiger partial charge in [-0.1, -0.05) is 17.3 Å². The third-order valence-corrected chi connectivity index (χ3v) is 4.04. The molecule has 13 heteroatoms. The van der Waals surface area contributed by atoms with Crippen molar-refractivity contribution in [3.63, 3.8) is 0 Å². The van der Waals surface area contributed by atoms with E-state index in [0.717, 1.165) is 16.5 Å². The molecule has 0 atom stereocenters. The number of rotatable bonds is 6. The van der Waals surface area contributed by atoms with E-state index in [9.17, 15) is 22.0 Å². The summed E-state index contributed by atoms with van der Waals surface area (Å²) in [7, 11) is 0. The summed E-state index contributed by atoms with van der Waals surface area (Å²) < 4.78 is 80.3. The predicted octanol–water partition coefficient (Wildman–Crippen LogP) is 4.25. The monoisotopic (exact) mass is 441 g/mol. The van der Waals surface area contributed by atoms with E-state index in [1.54, 1.807) is 6.07 Å². The second kappa shape index (κ2) is 7.58. The van der Waals surface area contributed by atoms with Crippen molar-refractivity contribution < 1.29 is 35.9 Å². The van der Waals surface area contributed by atoms with E-state index in [4.69, 9.17) is 4.52 Å².